The molecule has 2 aromatic rings. The Morgan fingerprint density at radius 1 is 0.971 bits per heavy atom. The maximum absolute atomic E-state index is 12.9. The molecule has 0 unspecified atom stereocenters. The highest BCUT2D eigenvalue weighted by molar-refractivity contribution is 7.94. The molecule has 0 saturated carbocycles. The smallest absolute Gasteiger partial charge is 0.219 e. The van der Waals surface area contributed by atoms with Crippen LogP contribution >= 0.6 is 12.0 Å². The van der Waals surface area contributed by atoms with E-state index in [2.05, 4.69) is 0 Å². The number of methoxy groups -OCH3 is 2. The second-order valence-corrected chi connectivity index (χ2v) is 10.3. The van der Waals surface area contributed by atoms with E-state index in [1.165, 1.54) is 32.1 Å². The van der Waals surface area contributed by atoms with Gasteiger partial charge in [-0.3, -0.25) is 4.79 Å². The van der Waals surface area contributed by atoms with Gasteiger partial charge in [0.15, 0.2) is 9.84 Å². The van der Waals surface area contributed by atoms with Crippen molar-refractivity contribution in [2.45, 2.75) is 30.6 Å². The Morgan fingerprint density at radius 2 is 1.56 bits per heavy atom. The molecular weight excluding hydrogens is 482 g/mol. The van der Waals surface area contributed by atoms with Crippen LogP contribution in [0.5, 0.6) is 11.5 Å². The summed E-state index contributed by atoms with van der Waals surface area (Å²) in [5, 5.41) is 0. The van der Waals surface area contributed by atoms with Crippen molar-refractivity contribution in [1.82, 2.24) is 4.90 Å². The first-order valence-corrected chi connectivity index (χ1v) is 12.7. The molecule has 34 heavy (non-hydrogen) atoms. The molecular formula is C22H31N3O7S2. The van der Waals surface area contributed by atoms with Crippen LogP contribution in [0.2, 0.25) is 0 Å². The van der Waals surface area contributed by atoms with Gasteiger partial charge in [-0.25, -0.2) is 13.3 Å². The lowest BCUT2D eigenvalue weighted by Crippen LogP contribution is -2.36. The van der Waals surface area contributed by atoms with Crippen molar-refractivity contribution in [2.75, 3.05) is 51.1 Å². The SMILES string of the molecule is COc1cc(SOOCCN(CCS(=O)(=O)c2cc(OC)c(N)cc2C)C(C)=O)c(C)cc1N. The van der Waals surface area contributed by atoms with Crippen molar-refractivity contribution >= 4 is 39.2 Å². The maximum Gasteiger partial charge on any atom is 0.219 e. The minimum Gasteiger partial charge on any atom is -0.495 e. The Labute approximate surface area is 204 Å². The first-order valence-electron chi connectivity index (χ1n) is 10.3. The van der Waals surface area contributed by atoms with Crippen LogP contribution in [-0.4, -0.2) is 58.9 Å². The molecule has 0 atom stereocenters. The van der Waals surface area contributed by atoms with E-state index >= 15 is 0 Å². The van der Waals surface area contributed by atoms with Crippen molar-refractivity contribution in [3.05, 3.63) is 35.4 Å². The Morgan fingerprint density at radius 3 is 2.15 bits per heavy atom. The number of carbonyl (C=O) groups is 1. The van der Waals surface area contributed by atoms with E-state index in [0.717, 1.165) is 22.5 Å². The zero-order valence-electron chi connectivity index (χ0n) is 19.9. The van der Waals surface area contributed by atoms with E-state index in [1.54, 1.807) is 25.1 Å². The highest BCUT2D eigenvalue weighted by Crippen LogP contribution is 2.32. The van der Waals surface area contributed by atoms with Crippen LogP contribution in [0.4, 0.5) is 11.4 Å². The van der Waals surface area contributed by atoms with Crippen LogP contribution in [0.1, 0.15) is 18.1 Å². The maximum atomic E-state index is 12.9. The predicted octanol–water partition coefficient (Wildman–Crippen LogP) is 2.76. The van der Waals surface area contributed by atoms with Gasteiger partial charge in [-0.15, -0.1) is 0 Å². The van der Waals surface area contributed by atoms with E-state index in [0.29, 0.717) is 22.7 Å². The van der Waals surface area contributed by atoms with Gasteiger partial charge < -0.3 is 25.8 Å². The molecule has 0 aromatic heterocycles. The average molecular weight is 514 g/mol. The van der Waals surface area contributed by atoms with Crippen LogP contribution < -0.4 is 20.9 Å². The molecule has 188 valence electrons. The second kappa shape index (κ2) is 12.2. The van der Waals surface area contributed by atoms with Gasteiger partial charge in [0, 0.05) is 31.0 Å². The molecule has 2 aromatic carbocycles. The average Bonchev–Trinajstić information content (AvgIpc) is 2.76. The standard InChI is InChI=1S/C22H31N3O7S2/c1-14-10-17(23)19(29-4)12-21(14)33-32-31-8-6-25(16(3)26)7-9-34(27,28)22-13-20(30-5)18(24)11-15(22)2/h10-13H,6-9,23-24H2,1-5H3. The van der Waals surface area contributed by atoms with Crippen molar-refractivity contribution in [3.8, 4) is 11.5 Å². The molecule has 0 heterocycles. The van der Waals surface area contributed by atoms with Crippen molar-refractivity contribution < 1.29 is 31.9 Å². The summed E-state index contributed by atoms with van der Waals surface area (Å²) in [5.41, 5.74) is 14.0. The number of hydrogen-bond donors (Lipinski definition) is 2. The molecule has 1 amide bonds. The van der Waals surface area contributed by atoms with Gasteiger partial charge in [0.2, 0.25) is 5.91 Å². The van der Waals surface area contributed by atoms with E-state index in [9.17, 15) is 13.2 Å². The largest absolute Gasteiger partial charge is 0.495 e. The summed E-state index contributed by atoms with van der Waals surface area (Å²) in [4.78, 5) is 19.4. The summed E-state index contributed by atoms with van der Waals surface area (Å²) in [5.74, 6) is 0.261. The van der Waals surface area contributed by atoms with E-state index < -0.39 is 9.84 Å². The summed E-state index contributed by atoms with van der Waals surface area (Å²) in [6, 6.07) is 6.45. The number of amides is 1. The van der Waals surface area contributed by atoms with Crippen molar-refractivity contribution in [2.24, 2.45) is 0 Å². The molecule has 0 aliphatic rings. The summed E-state index contributed by atoms with van der Waals surface area (Å²) in [6.07, 6.45) is 0. The number of aryl methyl sites for hydroxylation is 2. The normalized spacial score (nSPS) is 11.3. The highest BCUT2D eigenvalue weighted by atomic mass is 32.2. The number of nitrogens with two attached hydrogens (primary N) is 2. The predicted molar refractivity (Wildman–Crippen MR) is 131 cm³/mol. The number of hydrogen-bond acceptors (Lipinski definition) is 10. The molecule has 0 radical (unpaired) electrons. The lowest BCUT2D eigenvalue weighted by atomic mass is 10.2. The fourth-order valence-electron chi connectivity index (χ4n) is 3.17. The lowest BCUT2D eigenvalue weighted by Gasteiger charge is -2.21. The third-order valence-corrected chi connectivity index (χ3v) is 7.69. The van der Waals surface area contributed by atoms with Gasteiger partial charge in [-0.2, -0.15) is 4.33 Å². The first-order chi connectivity index (χ1) is 16.0. The zero-order valence-corrected chi connectivity index (χ0v) is 21.5. The topological polar surface area (TPSA) is 143 Å². The molecule has 0 spiro atoms. The van der Waals surface area contributed by atoms with Crippen LogP contribution in [-0.2, 0) is 23.9 Å². The van der Waals surface area contributed by atoms with Gasteiger partial charge >= 0.3 is 0 Å². The molecule has 0 aliphatic carbocycles. The van der Waals surface area contributed by atoms with Crippen molar-refractivity contribution in [1.29, 1.82) is 0 Å². The second-order valence-electron chi connectivity index (χ2n) is 7.52. The van der Waals surface area contributed by atoms with Crippen LogP contribution in [0.3, 0.4) is 0 Å². The molecule has 0 aliphatic heterocycles. The Balaban J connectivity index is 1.91. The van der Waals surface area contributed by atoms with E-state index in [4.69, 9.17) is 30.2 Å². The Kier molecular flexibility index (Phi) is 9.86. The number of rotatable bonds is 12. The van der Waals surface area contributed by atoms with Gasteiger partial charge in [-0.1, -0.05) is 0 Å². The van der Waals surface area contributed by atoms with Crippen LogP contribution in [0.15, 0.2) is 34.1 Å². The number of benzene rings is 2. The molecule has 4 N–H and O–H groups in total. The summed E-state index contributed by atoms with van der Waals surface area (Å²) in [7, 11) is -0.744. The van der Waals surface area contributed by atoms with Crippen LogP contribution in [0.25, 0.3) is 0 Å². The Bertz CT molecular complexity index is 1120. The van der Waals surface area contributed by atoms with Gasteiger partial charge in [0.05, 0.1) is 48.3 Å². The number of sulfone groups is 1. The third-order valence-electron chi connectivity index (χ3n) is 5.08. The fourth-order valence-corrected chi connectivity index (χ4v) is 5.22. The minimum absolute atomic E-state index is 0.00539. The lowest BCUT2D eigenvalue weighted by molar-refractivity contribution is -0.193. The zero-order chi connectivity index (χ0) is 25.5. The monoisotopic (exact) mass is 513 g/mol. The molecule has 2 rings (SSSR count). The van der Waals surface area contributed by atoms with Gasteiger partial charge in [-0.05, 0) is 43.2 Å². The summed E-state index contributed by atoms with van der Waals surface area (Å²) < 4.78 is 41.3. The van der Waals surface area contributed by atoms with Crippen LogP contribution in [0, 0.1) is 13.8 Å². The number of anilines is 2. The van der Waals surface area contributed by atoms with Gasteiger partial charge in [0.1, 0.15) is 18.1 Å². The fraction of sp³-hybridized carbons (Fsp3) is 0.409. The number of nitrogen functional groups attached to an aromatic ring is 2. The molecule has 10 nitrogen and oxygen atoms in total. The molecule has 12 heteroatoms. The third kappa shape index (κ3) is 7.16. The highest BCUT2D eigenvalue weighted by Gasteiger charge is 2.22. The first kappa shape index (κ1) is 27.6. The number of carbonyl (C=O) groups excluding carboxylic acids is 1. The number of ether oxygens (including phenoxy) is 2. The molecule has 0 saturated heterocycles. The van der Waals surface area contributed by atoms with Gasteiger partial charge in [0.25, 0.3) is 0 Å². The number of nitrogens with zero attached hydrogens (tertiary/aromatic N) is 1. The van der Waals surface area contributed by atoms with Crippen molar-refractivity contribution in [3.63, 3.8) is 0 Å². The minimum atomic E-state index is -3.68. The Hall–Kier alpha value is -2.67. The van der Waals surface area contributed by atoms with E-state index in [1.807, 2.05) is 6.92 Å². The molecule has 0 bridgehead atoms. The molecule has 0 fully saturated rings. The summed E-state index contributed by atoms with van der Waals surface area (Å²) in [6.45, 7) is 5.09. The summed E-state index contributed by atoms with van der Waals surface area (Å²) >= 11 is 0.987. The van der Waals surface area contributed by atoms with E-state index in [-0.39, 0.29) is 42.0 Å². The quantitative estimate of drug-likeness (QED) is 0.143.